The average molecular weight is 440 g/mol. The first kappa shape index (κ1) is 23.0. The SMILES string of the molecule is CC(Nc1cc(=O)n(CCO[Si](C)(C)C(C)(C)C)c2ccc(N)cc12)c1ncccn1. The van der Waals surface area contributed by atoms with Crippen molar-refractivity contribution < 1.29 is 4.43 Å². The molecule has 1 unspecified atom stereocenters. The van der Waals surface area contributed by atoms with Crippen molar-refractivity contribution in [3.63, 3.8) is 0 Å². The first-order valence-corrected chi connectivity index (χ1v) is 13.5. The van der Waals surface area contributed by atoms with Crippen molar-refractivity contribution in [3.8, 4) is 0 Å². The number of rotatable bonds is 7. The number of nitrogens with one attached hydrogen (secondary N) is 1. The van der Waals surface area contributed by atoms with Crippen molar-refractivity contribution in [2.75, 3.05) is 17.7 Å². The summed E-state index contributed by atoms with van der Waals surface area (Å²) in [4.78, 5) is 21.6. The molecule has 0 bridgehead atoms. The van der Waals surface area contributed by atoms with Crippen LogP contribution in [0, 0.1) is 0 Å². The van der Waals surface area contributed by atoms with Gasteiger partial charge < -0.3 is 20.0 Å². The van der Waals surface area contributed by atoms with Gasteiger partial charge in [0.05, 0.1) is 18.2 Å². The van der Waals surface area contributed by atoms with E-state index in [0.29, 0.717) is 30.4 Å². The molecule has 3 rings (SSSR count). The first-order valence-electron chi connectivity index (χ1n) is 10.6. The van der Waals surface area contributed by atoms with Crippen molar-refractivity contribution in [2.45, 2.75) is 58.4 Å². The molecule has 0 fully saturated rings. The second kappa shape index (κ2) is 8.80. The largest absolute Gasteiger partial charge is 0.415 e. The van der Waals surface area contributed by atoms with Crippen LogP contribution in [0.5, 0.6) is 0 Å². The number of pyridine rings is 1. The van der Waals surface area contributed by atoms with E-state index in [4.69, 9.17) is 10.2 Å². The molecule has 166 valence electrons. The third-order valence-electron chi connectivity index (χ3n) is 6.06. The van der Waals surface area contributed by atoms with Crippen LogP contribution in [0.15, 0.2) is 47.5 Å². The molecule has 0 spiro atoms. The monoisotopic (exact) mass is 439 g/mol. The number of hydrogen-bond donors (Lipinski definition) is 2. The number of benzene rings is 1. The van der Waals surface area contributed by atoms with Gasteiger partial charge in [-0.3, -0.25) is 4.79 Å². The summed E-state index contributed by atoms with van der Waals surface area (Å²) in [6, 6.07) is 8.84. The molecule has 0 aliphatic rings. The number of anilines is 2. The Balaban J connectivity index is 1.92. The minimum atomic E-state index is -1.88. The summed E-state index contributed by atoms with van der Waals surface area (Å²) < 4.78 is 8.06. The Labute approximate surface area is 184 Å². The summed E-state index contributed by atoms with van der Waals surface area (Å²) in [6.45, 7) is 14.0. The summed E-state index contributed by atoms with van der Waals surface area (Å²) in [5, 5.41) is 4.39. The van der Waals surface area contributed by atoms with Gasteiger partial charge in [0.25, 0.3) is 5.56 Å². The molecule has 2 aromatic heterocycles. The maximum atomic E-state index is 13.0. The molecule has 0 amide bonds. The zero-order valence-electron chi connectivity index (χ0n) is 19.3. The molecule has 3 aromatic rings. The lowest BCUT2D eigenvalue weighted by Crippen LogP contribution is -2.41. The smallest absolute Gasteiger partial charge is 0.253 e. The summed E-state index contributed by atoms with van der Waals surface area (Å²) in [6.07, 6.45) is 3.41. The molecule has 0 aliphatic heterocycles. The Kier molecular flexibility index (Phi) is 6.52. The third kappa shape index (κ3) is 5.14. The van der Waals surface area contributed by atoms with Crippen molar-refractivity contribution in [1.29, 1.82) is 0 Å². The van der Waals surface area contributed by atoms with Crippen LogP contribution in [0.3, 0.4) is 0 Å². The summed E-state index contributed by atoms with van der Waals surface area (Å²) in [5.74, 6) is 0.659. The second-order valence-electron chi connectivity index (χ2n) is 9.41. The van der Waals surface area contributed by atoms with E-state index in [0.717, 1.165) is 10.9 Å². The Morgan fingerprint density at radius 1 is 1.19 bits per heavy atom. The van der Waals surface area contributed by atoms with Gasteiger partial charge in [-0.25, -0.2) is 9.97 Å². The highest BCUT2D eigenvalue weighted by Gasteiger charge is 2.36. The van der Waals surface area contributed by atoms with Gasteiger partial charge in [-0.1, -0.05) is 20.8 Å². The van der Waals surface area contributed by atoms with Crippen molar-refractivity contribution in [2.24, 2.45) is 0 Å². The van der Waals surface area contributed by atoms with E-state index in [2.05, 4.69) is 49.1 Å². The van der Waals surface area contributed by atoms with Gasteiger partial charge in [0.1, 0.15) is 5.82 Å². The quantitative estimate of drug-likeness (QED) is 0.414. The third-order valence-corrected chi connectivity index (χ3v) is 10.6. The van der Waals surface area contributed by atoms with Gasteiger partial charge in [-0.05, 0) is 49.3 Å². The number of nitrogens with two attached hydrogens (primary N) is 1. The number of hydrogen-bond acceptors (Lipinski definition) is 6. The zero-order chi connectivity index (χ0) is 22.8. The van der Waals surface area contributed by atoms with E-state index in [1.807, 2.05) is 25.1 Å². The summed E-state index contributed by atoms with van der Waals surface area (Å²) in [5.41, 5.74) is 8.17. The molecule has 0 radical (unpaired) electrons. The molecule has 31 heavy (non-hydrogen) atoms. The maximum absolute atomic E-state index is 13.0. The molecule has 0 saturated heterocycles. The summed E-state index contributed by atoms with van der Waals surface area (Å²) >= 11 is 0. The van der Waals surface area contributed by atoms with Gasteiger partial charge in [-0.2, -0.15) is 0 Å². The van der Waals surface area contributed by atoms with Gasteiger partial charge >= 0.3 is 0 Å². The van der Waals surface area contributed by atoms with E-state index in [9.17, 15) is 4.79 Å². The van der Waals surface area contributed by atoms with Gasteiger partial charge in [-0.15, -0.1) is 0 Å². The topological polar surface area (TPSA) is 95.1 Å². The molecule has 0 saturated carbocycles. The first-order chi connectivity index (χ1) is 14.5. The normalized spacial score (nSPS) is 13.4. The lowest BCUT2D eigenvalue weighted by atomic mass is 10.1. The highest BCUT2D eigenvalue weighted by atomic mass is 28.4. The number of nitrogen functional groups attached to an aromatic ring is 1. The number of nitrogens with zero attached hydrogens (tertiary/aromatic N) is 3. The Morgan fingerprint density at radius 3 is 2.52 bits per heavy atom. The van der Waals surface area contributed by atoms with Crippen LogP contribution in [0.2, 0.25) is 18.1 Å². The zero-order valence-corrected chi connectivity index (χ0v) is 20.3. The molecule has 1 aromatic carbocycles. The highest BCUT2D eigenvalue weighted by Crippen LogP contribution is 2.36. The predicted octanol–water partition coefficient (Wildman–Crippen LogP) is 4.57. The van der Waals surface area contributed by atoms with E-state index >= 15 is 0 Å². The maximum Gasteiger partial charge on any atom is 0.253 e. The van der Waals surface area contributed by atoms with Gasteiger partial charge in [0, 0.05) is 41.8 Å². The van der Waals surface area contributed by atoms with Crippen LogP contribution < -0.4 is 16.6 Å². The van der Waals surface area contributed by atoms with Crippen molar-refractivity contribution >= 4 is 30.6 Å². The Morgan fingerprint density at radius 2 is 1.87 bits per heavy atom. The highest BCUT2D eigenvalue weighted by molar-refractivity contribution is 6.74. The van der Waals surface area contributed by atoms with E-state index < -0.39 is 8.32 Å². The van der Waals surface area contributed by atoms with E-state index in [-0.39, 0.29) is 16.6 Å². The van der Waals surface area contributed by atoms with Crippen LogP contribution in [-0.2, 0) is 11.0 Å². The van der Waals surface area contributed by atoms with Crippen LogP contribution in [0.1, 0.15) is 39.6 Å². The fourth-order valence-electron chi connectivity index (χ4n) is 3.19. The molecular formula is C23H33N5O2Si. The van der Waals surface area contributed by atoms with Gasteiger partial charge in [0.15, 0.2) is 8.32 Å². The van der Waals surface area contributed by atoms with Crippen molar-refractivity contribution in [3.05, 3.63) is 58.9 Å². The van der Waals surface area contributed by atoms with Gasteiger partial charge in [0.2, 0.25) is 0 Å². The van der Waals surface area contributed by atoms with Crippen LogP contribution in [-0.4, -0.2) is 29.5 Å². The molecule has 2 heterocycles. The van der Waals surface area contributed by atoms with E-state index in [1.54, 1.807) is 29.1 Å². The molecule has 7 nitrogen and oxygen atoms in total. The number of aromatic nitrogens is 3. The van der Waals surface area contributed by atoms with Crippen LogP contribution in [0.4, 0.5) is 11.4 Å². The molecule has 1 atom stereocenters. The minimum absolute atomic E-state index is 0.0835. The Bertz CT molecular complexity index is 1110. The van der Waals surface area contributed by atoms with Crippen LogP contribution >= 0.6 is 0 Å². The second-order valence-corrected chi connectivity index (χ2v) is 14.2. The molecular weight excluding hydrogens is 406 g/mol. The standard InChI is InChI=1S/C23H33N5O2Si/c1-16(22-25-10-7-11-26-22)27-19-15-21(29)28(20-9-8-17(24)14-18(19)20)12-13-30-31(5,6)23(2,3)4/h7-11,14-16,27H,12-13,24H2,1-6H3. The fourth-order valence-corrected chi connectivity index (χ4v) is 4.23. The molecule has 0 aliphatic carbocycles. The molecule has 3 N–H and O–H groups in total. The molecule has 8 heteroatoms. The fraction of sp³-hybridized carbons (Fsp3) is 0.435. The Hall–Kier alpha value is -2.71. The minimum Gasteiger partial charge on any atom is -0.415 e. The lowest BCUT2D eigenvalue weighted by Gasteiger charge is -2.36. The van der Waals surface area contributed by atoms with Crippen LogP contribution in [0.25, 0.3) is 10.9 Å². The summed E-state index contributed by atoms with van der Waals surface area (Å²) in [7, 11) is -1.88. The van der Waals surface area contributed by atoms with Crippen molar-refractivity contribution in [1.82, 2.24) is 14.5 Å². The lowest BCUT2D eigenvalue weighted by molar-refractivity contribution is 0.272. The predicted molar refractivity (Wildman–Crippen MR) is 130 cm³/mol. The van der Waals surface area contributed by atoms with E-state index in [1.165, 1.54) is 0 Å². The average Bonchev–Trinajstić information content (AvgIpc) is 2.70. The number of fused-ring (bicyclic) bond motifs is 1.